The maximum absolute atomic E-state index is 13.1. The third-order valence-corrected chi connectivity index (χ3v) is 4.11. The molecule has 0 fully saturated rings. The van der Waals surface area contributed by atoms with Crippen LogP contribution in [0.15, 0.2) is 18.2 Å². The number of aromatic nitrogens is 1. The van der Waals surface area contributed by atoms with Crippen molar-refractivity contribution in [2.45, 2.75) is 26.7 Å². The van der Waals surface area contributed by atoms with Crippen molar-refractivity contribution in [3.8, 4) is 0 Å². The smallest absolute Gasteiger partial charge is 0.180 e. The fourth-order valence-corrected chi connectivity index (χ4v) is 3.00. The average molecular weight is 250 g/mol. The van der Waals surface area contributed by atoms with Gasteiger partial charge in [-0.2, -0.15) is 0 Å². The van der Waals surface area contributed by atoms with Crippen LogP contribution in [0.1, 0.15) is 34.5 Å². The minimum Gasteiger partial charge on any atom is -0.375 e. The largest absolute Gasteiger partial charge is 0.375 e. The molecule has 1 heterocycles. The summed E-state index contributed by atoms with van der Waals surface area (Å²) in [4.78, 5) is 5.38. The monoisotopic (exact) mass is 250 g/mol. The number of thiazole rings is 1. The maximum Gasteiger partial charge on any atom is 0.180 e. The molecular formula is C13H15FN2S. The van der Waals surface area contributed by atoms with Crippen LogP contribution < -0.4 is 5.73 Å². The first kappa shape index (κ1) is 12.0. The number of nitrogens with zero attached hydrogens (tertiary/aromatic N) is 1. The van der Waals surface area contributed by atoms with Gasteiger partial charge in [-0.1, -0.05) is 13.0 Å². The molecule has 1 atom stereocenters. The molecule has 1 aromatic heterocycles. The summed E-state index contributed by atoms with van der Waals surface area (Å²) < 4.78 is 13.1. The lowest BCUT2D eigenvalue weighted by molar-refractivity contribution is 0.625. The summed E-state index contributed by atoms with van der Waals surface area (Å²) in [6, 6.07) is 4.90. The molecule has 0 saturated carbocycles. The van der Waals surface area contributed by atoms with Gasteiger partial charge < -0.3 is 5.73 Å². The van der Waals surface area contributed by atoms with Crippen LogP contribution in [-0.2, 0) is 0 Å². The molecule has 2 aromatic rings. The van der Waals surface area contributed by atoms with E-state index in [0.29, 0.717) is 5.13 Å². The highest BCUT2D eigenvalue weighted by atomic mass is 32.1. The lowest BCUT2D eigenvalue weighted by atomic mass is 9.94. The van der Waals surface area contributed by atoms with Gasteiger partial charge in [-0.15, -0.1) is 11.3 Å². The highest BCUT2D eigenvalue weighted by Crippen LogP contribution is 2.34. The molecule has 0 aliphatic rings. The van der Waals surface area contributed by atoms with Crippen molar-refractivity contribution < 1.29 is 4.39 Å². The summed E-state index contributed by atoms with van der Waals surface area (Å²) in [5.74, 6) is 0.00407. The number of nitrogen functional groups attached to an aromatic ring is 1. The third-order valence-electron chi connectivity index (χ3n) is 2.94. The van der Waals surface area contributed by atoms with Gasteiger partial charge in [0.25, 0.3) is 0 Å². The molecule has 90 valence electrons. The Morgan fingerprint density at radius 2 is 2.06 bits per heavy atom. The Kier molecular flexibility index (Phi) is 3.15. The van der Waals surface area contributed by atoms with Crippen LogP contribution in [0.2, 0.25) is 0 Å². The number of hydrogen-bond donors (Lipinski definition) is 1. The number of hydrogen-bond acceptors (Lipinski definition) is 3. The summed E-state index contributed by atoms with van der Waals surface area (Å²) in [7, 11) is 0. The first-order chi connectivity index (χ1) is 7.99. The first-order valence-corrected chi connectivity index (χ1v) is 6.29. The van der Waals surface area contributed by atoms with E-state index < -0.39 is 0 Å². The number of nitrogens with two attached hydrogens (primary N) is 1. The van der Waals surface area contributed by atoms with E-state index in [1.54, 1.807) is 6.07 Å². The Morgan fingerprint density at radius 3 is 2.59 bits per heavy atom. The van der Waals surface area contributed by atoms with Crippen molar-refractivity contribution in [1.29, 1.82) is 0 Å². The summed E-state index contributed by atoms with van der Waals surface area (Å²) in [5, 5.41) is 0.587. The molecular weight excluding hydrogens is 235 g/mol. The topological polar surface area (TPSA) is 38.9 Å². The van der Waals surface area contributed by atoms with Crippen LogP contribution in [0.25, 0.3) is 0 Å². The second-order valence-electron chi connectivity index (χ2n) is 4.22. The summed E-state index contributed by atoms with van der Waals surface area (Å²) in [5.41, 5.74) is 8.75. The predicted molar refractivity (Wildman–Crippen MR) is 69.9 cm³/mol. The van der Waals surface area contributed by atoms with E-state index in [-0.39, 0.29) is 11.7 Å². The van der Waals surface area contributed by atoms with E-state index in [2.05, 4.69) is 11.9 Å². The molecule has 0 bridgehead atoms. The SMILES string of the molecule is Cc1cc(F)ccc1C(C)c1sc(N)nc1C. The zero-order valence-electron chi connectivity index (χ0n) is 10.1. The van der Waals surface area contributed by atoms with Crippen LogP contribution in [0.4, 0.5) is 9.52 Å². The van der Waals surface area contributed by atoms with Crippen LogP contribution >= 0.6 is 11.3 Å². The molecule has 17 heavy (non-hydrogen) atoms. The quantitative estimate of drug-likeness (QED) is 0.884. The van der Waals surface area contributed by atoms with E-state index in [0.717, 1.165) is 21.7 Å². The molecule has 1 unspecified atom stereocenters. The number of halogens is 1. The van der Waals surface area contributed by atoms with Gasteiger partial charge in [0.05, 0.1) is 5.69 Å². The van der Waals surface area contributed by atoms with Crippen molar-refractivity contribution in [1.82, 2.24) is 4.98 Å². The molecule has 0 saturated heterocycles. The second-order valence-corrected chi connectivity index (χ2v) is 5.29. The number of aryl methyl sites for hydroxylation is 2. The average Bonchev–Trinajstić information content (AvgIpc) is 2.57. The molecule has 0 aliphatic heterocycles. The predicted octanol–water partition coefficient (Wildman–Crippen LogP) is 3.63. The van der Waals surface area contributed by atoms with Crippen molar-refractivity contribution in [2.24, 2.45) is 0 Å². The van der Waals surface area contributed by atoms with E-state index >= 15 is 0 Å². The standard InChI is InChI=1S/C13H15FN2S/c1-7-6-10(14)4-5-11(7)8(2)12-9(3)16-13(15)17-12/h4-6,8H,1-3H3,(H2,15,16). The minimum absolute atomic E-state index is 0.195. The van der Waals surface area contributed by atoms with Gasteiger partial charge in [0.15, 0.2) is 5.13 Å². The fraction of sp³-hybridized carbons (Fsp3) is 0.308. The summed E-state index contributed by atoms with van der Waals surface area (Å²) >= 11 is 1.50. The molecule has 2 N–H and O–H groups in total. The molecule has 0 radical (unpaired) electrons. The van der Waals surface area contributed by atoms with Gasteiger partial charge in [-0.05, 0) is 37.1 Å². The molecule has 0 amide bonds. The number of benzene rings is 1. The molecule has 4 heteroatoms. The molecule has 0 spiro atoms. The zero-order chi connectivity index (χ0) is 12.6. The third kappa shape index (κ3) is 2.31. The molecule has 1 aromatic carbocycles. The van der Waals surface area contributed by atoms with Crippen LogP contribution in [-0.4, -0.2) is 4.98 Å². The maximum atomic E-state index is 13.1. The molecule has 2 nitrogen and oxygen atoms in total. The van der Waals surface area contributed by atoms with Crippen LogP contribution in [0.5, 0.6) is 0 Å². The van der Waals surface area contributed by atoms with E-state index in [1.807, 2.05) is 19.9 Å². The van der Waals surface area contributed by atoms with Gasteiger partial charge in [0.2, 0.25) is 0 Å². The molecule has 0 aliphatic carbocycles. The highest BCUT2D eigenvalue weighted by Gasteiger charge is 2.17. The molecule has 2 rings (SSSR count). The van der Waals surface area contributed by atoms with Gasteiger partial charge in [-0.3, -0.25) is 0 Å². The van der Waals surface area contributed by atoms with E-state index in [1.165, 1.54) is 17.4 Å². The Bertz CT molecular complexity index is 548. The summed E-state index contributed by atoms with van der Waals surface area (Å²) in [6.45, 7) is 5.98. The van der Waals surface area contributed by atoms with Crippen molar-refractivity contribution in [3.05, 3.63) is 45.7 Å². The van der Waals surface area contributed by atoms with Crippen LogP contribution in [0, 0.1) is 19.7 Å². The van der Waals surface area contributed by atoms with E-state index in [4.69, 9.17) is 5.73 Å². The summed E-state index contributed by atoms with van der Waals surface area (Å²) in [6.07, 6.45) is 0. The Hall–Kier alpha value is -1.42. The Balaban J connectivity index is 2.43. The first-order valence-electron chi connectivity index (χ1n) is 5.48. The zero-order valence-corrected chi connectivity index (χ0v) is 10.9. The Labute approximate surface area is 104 Å². The van der Waals surface area contributed by atoms with Crippen molar-refractivity contribution in [2.75, 3.05) is 5.73 Å². The van der Waals surface area contributed by atoms with Gasteiger partial charge in [0, 0.05) is 10.8 Å². The number of anilines is 1. The normalized spacial score (nSPS) is 12.7. The Morgan fingerprint density at radius 1 is 1.35 bits per heavy atom. The van der Waals surface area contributed by atoms with Gasteiger partial charge in [0.1, 0.15) is 5.82 Å². The van der Waals surface area contributed by atoms with Gasteiger partial charge in [-0.25, -0.2) is 9.37 Å². The van der Waals surface area contributed by atoms with Crippen molar-refractivity contribution in [3.63, 3.8) is 0 Å². The lowest BCUT2D eigenvalue weighted by Crippen LogP contribution is -1.99. The minimum atomic E-state index is -0.195. The number of rotatable bonds is 2. The van der Waals surface area contributed by atoms with Crippen LogP contribution in [0.3, 0.4) is 0 Å². The second kappa shape index (κ2) is 4.45. The lowest BCUT2D eigenvalue weighted by Gasteiger charge is -2.13. The van der Waals surface area contributed by atoms with Crippen molar-refractivity contribution >= 4 is 16.5 Å². The fourth-order valence-electron chi connectivity index (χ4n) is 2.10. The van der Waals surface area contributed by atoms with Gasteiger partial charge >= 0.3 is 0 Å². The highest BCUT2D eigenvalue weighted by molar-refractivity contribution is 7.15. The van der Waals surface area contributed by atoms with E-state index in [9.17, 15) is 4.39 Å².